The van der Waals surface area contributed by atoms with Gasteiger partial charge < -0.3 is 20.1 Å². The van der Waals surface area contributed by atoms with E-state index in [0.717, 1.165) is 12.1 Å². The largest absolute Gasteiger partial charge is 0.393 e. The lowest BCUT2D eigenvalue weighted by atomic mass is 10.1. The van der Waals surface area contributed by atoms with Gasteiger partial charge in [-0.1, -0.05) is 0 Å². The van der Waals surface area contributed by atoms with Gasteiger partial charge in [0.25, 0.3) is 5.91 Å². The van der Waals surface area contributed by atoms with Crippen LogP contribution in [-0.2, 0) is 14.3 Å². The zero-order valence-corrected chi connectivity index (χ0v) is 12.3. The zero-order valence-electron chi connectivity index (χ0n) is 12.3. The van der Waals surface area contributed by atoms with Gasteiger partial charge in [-0.3, -0.25) is 9.59 Å². The van der Waals surface area contributed by atoms with Gasteiger partial charge >= 0.3 is 0 Å². The van der Waals surface area contributed by atoms with Gasteiger partial charge in [-0.2, -0.15) is 0 Å². The Kier molecular flexibility index (Phi) is 4.40. The molecule has 0 unspecified atom stereocenters. The summed E-state index contributed by atoms with van der Waals surface area (Å²) in [6.07, 6.45) is 1.60. The fourth-order valence-corrected chi connectivity index (χ4v) is 2.96. The Hall–Kier alpha value is -1.92. The van der Waals surface area contributed by atoms with E-state index in [9.17, 15) is 14.7 Å². The average molecular weight is 304 g/mol. The van der Waals surface area contributed by atoms with Gasteiger partial charge in [0.2, 0.25) is 5.91 Å². The normalized spacial score (nSPS) is 25.3. The van der Waals surface area contributed by atoms with E-state index in [4.69, 9.17) is 4.74 Å². The van der Waals surface area contributed by atoms with Gasteiger partial charge in [-0.05, 0) is 43.5 Å². The molecule has 3 rings (SSSR count). The molecule has 2 fully saturated rings. The fraction of sp³-hybridized carbons (Fsp3) is 0.500. The summed E-state index contributed by atoms with van der Waals surface area (Å²) in [6, 6.07) is 7.23. The maximum atomic E-state index is 12.1. The van der Waals surface area contributed by atoms with E-state index in [-0.39, 0.29) is 30.4 Å². The summed E-state index contributed by atoms with van der Waals surface area (Å²) >= 11 is 0. The number of benzene rings is 1. The minimum atomic E-state index is -0.356. The van der Waals surface area contributed by atoms with E-state index >= 15 is 0 Å². The van der Waals surface area contributed by atoms with Gasteiger partial charge in [0.05, 0.1) is 12.7 Å². The first kappa shape index (κ1) is 15.0. The molecule has 1 aromatic rings. The first-order valence-electron chi connectivity index (χ1n) is 7.60. The number of morpholine rings is 1. The number of aliphatic hydroxyl groups excluding tert-OH is 1. The van der Waals surface area contributed by atoms with Crippen LogP contribution in [0.3, 0.4) is 0 Å². The second-order valence-corrected chi connectivity index (χ2v) is 5.80. The van der Waals surface area contributed by atoms with E-state index < -0.39 is 0 Å². The Morgan fingerprint density at radius 1 is 1.27 bits per heavy atom. The number of ether oxygens (including phenoxy) is 1. The summed E-state index contributed by atoms with van der Waals surface area (Å²) in [5, 5.41) is 12.4. The molecule has 2 aliphatic rings. The molecule has 6 nitrogen and oxygen atoms in total. The van der Waals surface area contributed by atoms with Crippen LogP contribution in [0.1, 0.15) is 19.3 Å². The van der Waals surface area contributed by atoms with Crippen LogP contribution in [0.2, 0.25) is 0 Å². The predicted octanol–water partition coefficient (Wildman–Crippen LogP) is 1.15. The molecule has 2 N–H and O–H groups in total. The standard InChI is InChI=1S/C16H20N2O4/c19-14-6-1-11(9-14)16(21)17-12-2-4-13(5-3-12)18-7-8-22-10-15(18)20/h2-5,11,14,19H,1,6-10H2,(H,17,21)/t11-,14-/m1/s1. The molecule has 0 bridgehead atoms. The van der Waals surface area contributed by atoms with E-state index in [0.29, 0.717) is 31.7 Å². The molecule has 2 amide bonds. The van der Waals surface area contributed by atoms with E-state index in [1.54, 1.807) is 17.0 Å². The molecule has 22 heavy (non-hydrogen) atoms. The molecule has 1 aliphatic carbocycles. The third-order valence-electron chi connectivity index (χ3n) is 4.21. The van der Waals surface area contributed by atoms with Crippen molar-refractivity contribution in [2.45, 2.75) is 25.4 Å². The van der Waals surface area contributed by atoms with Crippen LogP contribution in [0.5, 0.6) is 0 Å². The van der Waals surface area contributed by atoms with Crippen LogP contribution in [0.4, 0.5) is 11.4 Å². The highest BCUT2D eigenvalue weighted by atomic mass is 16.5. The van der Waals surface area contributed by atoms with Crippen LogP contribution < -0.4 is 10.2 Å². The molecule has 1 saturated heterocycles. The van der Waals surface area contributed by atoms with Crippen molar-refractivity contribution in [2.75, 3.05) is 30.0 Å². The zero-order chi connectivity index (χ0) is 15.5. The molecule has 1 saturated carbocycles. The van der Waals surface area contributed by atoms with Crippen molar-refractivity contribution >= 4 is 23.2 Å². The first-order valence-corrected chi connectivity index (χ1v) is 7.60. The Morgan fingerprint density at radius 3 is 2.68 bits per heavy atom. The SMILES string of the molecule is O=C(Nc1ccc(N2CCOCC2=O)cc1)[C@@H]1CC[C@@H](O)C1. The summed E-state index contributed by atoms with van der Waals surface area (Å²) in [7, 11) is 0. The number of nitrogens with one attached hydrogen (secondary N) is 1. The molecule has 1 aliphatic heterocycles. The van der Waals surface area contributed by atoms with Gasteiger partial charge in [0.15, 0.2) is 0 Å². The number of hydrogen-bond donors (Lipinski definition) is 2. The summed E-state index contributed by atoms with van der Waals surface area (Å²) in [5.74, 6) is -0.217. The first-order chi connectivity index (χ1) is 10.6. The topological polar surface area (TPSA) is 78.9 Å². The average Bonchev–Trinajstić information content (AvgIpc) is 2.95. The Morgan fingerprint density at radius 2 is 2.05 bits per heavy atom. The van der Waals surface area contributed by atoms with Crippen LogP contribution in [0, 0.1) is 5.92 Å². The van der Waals surface area contributed by atoms with E-state index in [1.807, 2.05) is 12.1 Å². The maximum Gasteiger partial charge on any atom is 0.253 e. The monoisotopic (exact) mass is 304 g/mol. The van der Waals surface area contributed by atoms with Gasteiger partial charge in [0.1, 0.15) is 6.61 Å². The minimum absolute atomic E-state index is 0.0493. The Balaban J connectivity index is 1.61. The lowest BCUT2D eigenvalue weighted by molar-refractivity contribution is -0.125. The van der Waals surface area contributed by atoms with E-state index in [2.05, 4.69) is 5.32 Å². The number of carbonyl (C=O) groups excluding carboxylic acids is 2. The molecule has 6 heteroatoms. The van der Waals surface area contributed by atoms with Crippen LogP contribution in [0.15, 0.2) is 24.3 Å². The van der Waals surface area contributed by atoms with Gasteiger partial charge in [-0.25, -0.2) is 0 Å². The number of aliphatic hydroxyl groups is 1. The van der Waals surface area contributed by atoms with Crippen LogP contribution in [0.25, 0.3) is 0 Å². The predicted molar refractivity (Wildman–Crippen MR) is 81.6 cm³/mol. The number of hydrogen-bond acceptors (Lipinski definition) is 4. The maximum absolute atomic E-state index is 12.1. The number of carbonyl (C=O) groups is 2. The molecule has 0 spiro atoms. The second-order valence-electron chi connectivity index (χ2n) is 5.80. The third kappa shape index (κ3) is 3.28. The van der Waals surface area contributed by atoms with Crippen molar-refractivity contribution in [1.29, 1.82) is 0 Å². The summed E-state index contributed by atoms with van der Waals surface area (Å²) in [5.41, 5.74) is 1.51. The highest BCUT2D eigenvalue weighted by Gasteiger charge is 2.28. The summed E-state index contributed by atoms with van der Waals surface area (Å²) in [6.45, 7) is 1.20. The van der Waals surface area contributed by atoms with Crippen molar-refractivity contribution in [1.82, 2.24) is 0 Å². The van der Waals surface area contributed by atoms with Gasteiger partial charge in [-0.15, -0.1) is 0 Å². The highest BCUT2D eigenvalue weighted by molar-refractivity contribution is 5.96. The molecule has 1 aromatic carbocycles. The molecule has 0 aromatic heterocycles. The van der Waals surface area contributed by atoms with Crippen molar-refractivity contribution in [3.8, 4) is 0 Å². The third-order valence-corrected chi connectivity index (χ3v) is 4.21. The van der Waals surface area contributed by atoms with Gasteiger partial charge in [0, 0.05) is 23.8 Å². The molecule has 0 radical (unpaired) electrons. The number of rotatable bonds is 3. The van der Waals surface area contributed by atoms with Crippen molar-refractivity contribution in [3.05, 3.63) is 24.3 Å². The Bertz CT molecular complexity index is 558. The molecule has 2 atom stereocenters. The van der Waals surface area contributed by atoms with Crippen LogP contribution in [-0.4, -0.2) is 42.8 Å². The summed E-state index contributed by atoms with van der Waals surface area (Å²) in [4.78, 5) is 25.5. The molecule has 118 valence electrons. The lowest BCUT2D eigenvalue weighted by Gasteiger charge is -2.27. The number of nitrogens with zero attached hydrogens (tertiary/aromatic N) is 1. The van der Waals surface area contributed by atoms with Crippen molar-refractivity contribution < 1.29 is 19.4 Å². The quantitative estimate of drug-likeness (QED) is 0.878. The van der Waals surface area contributed by atoms with Crippen molar-refractivity contribution in [3.63, 3.8) is 0 Å². The fourth-order valence-electron chi connectivity index (χ4n) is 2.96. The summed E-state index contributed by atoms with van der Waals surface area (Å²) < 4.78 is 5.11. The molecular formula is C16H20N2O4. The van der Waals surface area contributed by atoms with E-state index in [1.165, 1.54) is 0 Å². The number of amides is 2. The molecular weight excluding hydrogens is 284 g/mol. The number of anilines is 2. The highest BCUT2D eigenvalue weighted by Crippen LogP contribution is 2.27. The molecule has 1 heterocycles. The smallest absolute Gasteiger partial charge is 0.253 e. The van der Waals surface area contributed by atoms with Crippen molar-refractivity contribution in [2.24, 2.45) is 5.92 Å². The lowest BCUT2D eigenvalue weighted by Crippen LogP contribution is -2.41. The minimum Gasteiger partial charge on any atom is -0.393 e. The van der Waals surface area contributed by atoms with Crippen LogP contribution >= 0.6 is 0 Å². The second kappa shape index (κ2) is 6.46. The Labute approximate surface area is 129 Å².